The molecular weight excluding hydrogens is 446 g/mol. The maximum atomic E-state index is 13.4. The molecule has 7 nitrogen and oxygen atoms in total. The van der Waals surface area contributed by atoms with Gasteiger partial charge in [0.1, 0.15) is 0 Å². The minimum absolute atomic E-state index is 0.0255. The van der Waals surface area contributed by atoms with Crippen LogP contribution < -0.4 is 5.56 Å². The summed E-state index contributed by atoms with van der Waals surface area (Å²) in [5.41, 5.74) is 2.58. The molecule has 2 aromatic carbocycles. The molecule has 5 rings (SSSR count). The second-order valence-corrected chi connectivity index (χ2v) is 8.94. The van der Waals surface area contributed by atoms with Crippen molar-refractivity contribution >= 4 is 22.7 Å². The molecule has 3 aromatic heterocycles. The van der Waals surface area contributed by atoms with Crippen molar-refractivity contribution < 1.29 is 4.52 Å². The highest BCUT2D eigenvalue weighted by atomic mass is 32.2. The van der Waals surface area contributed by atoms with Gasteiger partial charge in [-0.25, -0.2) is 4.98 Å². The minimum Gasteiger partial charge on any atom is -0.339 e. The Kier molecular flexibility index (Phi) is 6.49. The molecule has 3 heterocycles. The number of hydrogen-bond donors (Lipinski definition) is 0. The summed E-state index contributed by atoms with van der Waals surface area (Å²) in [5, 5.41) is 5.39. The van der Waals surface area contributed by atoms with E-state index in [2.05, 4.69) is 15.1 Å². The summed E-state index contributed by atoms with van der Waals surface area (Å²) in [6.07, 6.45) is 4.87. The summed E-state index contributed by atoms with van der Waals surface area (Å²) >= 11 is 1.57. The Morgan fingerprint density at radius 1 is 1.00 bits per heavy atom. The average molecular weight is 470 g/mol. The van der Waals surface area contributed by atoms with Crippen molar-refractivity contribution in [3.63, 3.8) is 0 Å². The molecule has 0 saturated heterocycles. The summed E-state index contributed by atoms with van der Waals surface area (Å²) in [5.74, 6) is 1.88. The maximum absolute atomic E-state index is 13.4. The number of fused-ring (bicyclic) bond motifs is 1. The second kappa shape index (κ2) is 10.0. The molecule has 0 radical (unpaired) electrons. The predicted octanol–water partition coefficient (Wildman–Crippen LogP) is 5.18. The summed E-state index contributed by atoms with van der Waals surface area (Å²) in [4.78, 5) is 26.8. The minimum atomic E-state index is -0.133. The van der Waals surface area contributed by atoms with E-state index in [1.165, 1.54) is 0 Å². The number of aromatic nitrogens is 5. The van der Waals surface area contributed by atoms with Gasteiger partial charge in [0.25, 0.3) is 5.56 Å². The molecule has 8 heteroatoms. The van der Waals surface area contributed by atoms with Crippen LogP contribution in [0.3, 0.4) is 0 Å². The van der Waals surface area contributed by atoms with E-state index in [0.29, 0.717) is 34.2 Å². The van der Waals surface area contributed by atoms with Crippen molar-refractivity contribution in [3.05, 3.63) is 101 Å². The number of para-hydroxylation sites is 1. The van der Waals surface area contributed by atoms with Gasteiger partial charge in [0.05, 0.1) is 16.9 Å². The Labute approximate surface area is 200 Å². The SMILES string of the molecule is CC(c1ccccc1)n1c(SCCCc2nc(-c3cccnc3)no2)nc2ccccc2c1=O. The van der Waals surface area contributed by atoms with Gasteiger partial charge >= 0.3 is 0 Å². The van der Waals surface area contributed by atoms with Crippen LogP contribution in [0, 0.1) is 0 Å². The molecule has 0 spiro atoms. The Morgan fingerprint density at radius 3 is 2.65 bits per heavy atom. The van der Waals surface area contributed by atoms with Gasteiger partial charge < -0.3 is 4.52 Å². The highest BCUT2D eigenvalue weighted by Crippen LogP contribution is 2.25. The third-order valence-corrected chi connectivity index (χ3v) is 6.64. The third-order valence-electron chi connectivity index (χ3n) is 5.60. The molecule has 1 unspecified atom stereocenters. The molecule has 0 aliphatic heterocycles. The van der Waals surface area contributed by atoms with Gasteiger partial charge in [-0.05, 0) is 43.2 Å². The van der Waals surface area contributed by atoms with Gasteiger partial charge in [0.2, 0.25) is 11.7 Å². The molecule has 0 N–H and O–H groups in total. The van der Waals surface area contributed by atoms with Crippen molar-refractivity contribution in [2.24, 2.45) is 0 Å². The molecule has 0 bridgehead atoms. The fourth-order valence-corrected chi connectivity index (χ4v) is 4.82. The smallest absolute Gasteiger partial charge is 0.262 e. The summed E-state index contributed by atoms with van der Waals surface area (Å²) in [7, 11) is 0. The van der Waals surface area contributed by atoms with Crippen molar-refractivity contribution in [1.82, 2.24) is 24.7 Å². The zero-order valence-corrected chi connectivity index (χ0v) is 19.5. The van der Waals surface area contributed by atoms with Crippen LogP contribution in [-0.2, 0) is 6.42 Å². The molecule has 0 aliphatic rings. The van der Waals surface area contributed by atoms with Crippen LogP contribution in [0.2, 0.25) is 0 Å². The van der Waals surface area contributed by atoms with Crippen molar-refractivity contribution in [2.45, 2.75) is 31.0 Å². The van der Waals surface area contributed by atoms with Gasteiger partial charge in [0, 0.05) is 30.1 Å². The van der Waals surface area contributed by atoms with Crippen LogP contribution in [0.25, 0.3) is 22.3 Å². The molecule has 1 atom stereocenters. The number of benzene rings is 2. The molecule has 0 fully saturated rings. The van der Waals surface area contributed by atoms with Crippen LogP contribution in [0.5, 0.6) is 0 Å². The lowest BCUT2D eigenvalue weighted by Crippen LogP contribution is -2.27. The topological polar surface area (TPSA) is 86.7 Å². The number of aryl methyl sites for hydroxylation is 1. The van der Waals surface area contributed by atoms with E-state index in [0.717, 1.165) is 23.3 Å². The summed E-state index contributed by atoms with van der Waals surface area (Å²) in [6, 6.07) is 21.1. The number of pyridine rings is 1. The Bertz CT molecular complexity index is 1450. The fraction of sp³-hybridized carbons (Fsp3) is 0.192. The molecule has 0 aliphatic carbocycles. The Hall–Kier alpha value is -3.78. The summed E-state index contributed by atoms with van der Waals surface area (Å²) < 4.78 is 7.20. The van der Waals surface area contributed by atoms with Gasteiger partial charge in [-0.2, -0.15) is 4.98 Å². The van der Waals surface area contributed by atoms with Crippen LogP contribution in [0.4, 0.5) is 0 Å². The van der Waals surface area contributed by atoms with E-state index < -0.39 is 0 Å². The van der Waals surface area contributed by atoms with E-state index in [1.54, 1.807) is 28.7 Å². The third kappa shape index (κ3) is 4.63. The first-order chi connectivity index (χ1) is 16.7. The van der Waals surface area contributed by atoms with Crippen LogP contribution in [0.15, 0.2) is 93.6 Å². The zero-order valence-electron chi connectivity index (χ0n) is 18.7. The zero-order chi connectivity index (χ0) is 23.3. The fourth-order valence-electron chi connectivity index (χ4n) is 3.81. The second-order valence-electron chi connectivity index (χ2n) is 7.88. The van der Waals surface area contributed by atoms with Crippen LogP contribution in [-0.4, -0.2) is 30.4 Å². The van der Waals surface area contributed by atoms with Crippen molar-refractivity contribution in [2.75, 3.05) is 5.75 Å². The molecule has 34 heavy (non-hydrogen) atoms. The van der Waals surface area contributed by atoms with Crippen molar-refractivity contribution in [3.8, 4) is 11.4 Å². The number of nitrogens with zero attached hydrogens (tertiary/aromatic N) is 5. The highest BCUT2D eigenvalue weighted by Gasteiger charge is 2.18. The van der Waals surface area contributed by atoms with Gasteiger partial charge in [-0.3, -0.25) is 14.3 Å². The largest absolute Gasteiger partial charge is 0.339 e. The lowest BCUT2D eigenvalue weighted by Gasteiger charge is -2.20. The van der Waals surface area contributed by atoms with Gasteiger partial charge in [0.15, 0.2) is 5.16 Å². The van der Waals surface area contributed by atoms with Crippen LogP contribution in [0.1, 0.15) is 30.8 Å². The predicted molar refractivity (Wildman–Crippen MR) is 133 cm³/mol. The lowest BCUT2D eigenvalue weighted by molar-refractivity contribution is 0.378. The van der Waals surface area contributed by atoms with E-state index in [1.807, 2.05) is 73.7 Å². The molecule has 170 valence electrons. The molecule has 0 amide bonds. The lowest BCUT2D eigenvalue weighted by atomic mass is 10.1. The molecule has 5 aromatic rings. The monoisotopic (exact) mass is 469 g/mol. The highest BCUT2D eigenvalue weighted by molar-refractivity contribution is 7.99. The first kappa shape index (κ1) is 22.0. The summed E-state index contributed by atoms with van der Waals surface area (Å²) in [6.45, 7) is 2.04. The van der Waals surface area contributed by atoms with Crippen molar-refractivity contribution in [1.29, 1.82) is 0 Å². The Morgan fingerprint density at radius 2 is 1.82 bits per heavy atom. The average Bonchev–Trinajstić information content (AvgIpc) is 3.36. The number of hydrogen-bond acceptors (Lipinski definition) is 7. The normalized spacial score (nSPS) is 12.1. The van der Waals surface area contributed by atoms with Gasteiger partial charge in [-0.15, -0.1) is 0 Å². The van der Waals surface area contributed by atoms with Crippen LogP contribution >= 0.6 is 11.8 Å². The number of thioether (sulfide) groups is 1. The quantitative estimate of drug-likeness (QED) is 0.176. The van der Waals surface area contributed by atoms with E-state index in [-0.39, 0.29) is 11.6 Å². The first-order valence-electron chi connectivity index (χ1n) is 11.1. The Balaban J connectivity index is 1.34. The maximum Gasteiger partial charge on any atom is 0.262 e. The van der Waals surface area contributed by atoms with E-state index >= 15 is 0 Å². The molecular formula is C26H23N5O2S. The van der Waals surface area contributed by atoms with E-state index in [4.69, 9.17) is 9.51 Å². The van der Waals surface area contributed by atoms with E-state index in [9.17, 15) is 4.79 Å². The van der Waals surface area contributed by atoms with Gasteiger partial charge in [-0.1, -0.05) is 59.4 Å². The number of rotatable bonds is 8. The standard InChI is InChI=1S/C26H23N5O2S/c1-18(19-9-3-2-4-10-19)31-25(32)21-12-5-6-13-22(21)28-26(31)34-16-8-14-23-29-24(30-33-23)20-11-7-15-27-17-20/h2-7,9-13,15,17-18H,8,14,16H2,1H3. The molecule has 0 saturated carbocycles. The first-order valence-corrected chi connectivity index (χ1v) is 12.1.